The fourth-order valence-corrected chi connectivity index (χ4v) is 8.07. The molecule has 2 aromatic carbocycles. The topological polar surface area (TPSA) is 385 Å². The number of hydrogen-bond acceptors (Lipinski definition) is 19. The molecule has 3 aromatic heterocycles. The highest BCUT2D eigenvalue weighted by atomic mass is 32.2. The summed E-state index contributed by atoms with van der Waals surface area (Å²) in [6.07, 6.45) is 5.06. The number of carbonyl (C=O) groups is 6. The third-order valence-electron chi connectivity index (χ3n) is 11.2. The molecule has 2 unspecified atom stereocenters. The summed E-state index contributed by atoms with van der Waals surface area (Å²) >= 11 is 1.43. The van der Waals surface area contributed by atoms with Gasteiger partial charge in [-0.3, -0.25) is 24.0 Å². The molecule has 5 aromatic rings. The zero-order chi connectivity index (χ0) is 51.2. The van der Waals surface area contributed by atoms with Gasteiger partial charge in [-0.2, -0.15) is 15.2 Å². The van der Waals surface area contributed by atoms with E-state index in [2.05, 4.69) is 67.1 Å². The van der Waals surface area contributed by atoms with Crippen LogP contribution >= 0.6 is 11.8 Å². The molecule has 4 heterocycles. The van der Waals surface area contributed by atoms with Crippen molar-refractivity contribution < 1.29 is 44.1 Å². The minimum Gasteiger partial charge on any atom is -0.480 e. The Morgan fingerprint density at radius 2 is 1.61 bits per heavy atom. The van der Waals surface area contributed by atoms with Gasteiger partial charge in [0.2, 0.25) is 29.5 Å². The van der Waals surface area contributed by atoms with Gasteiger partial charge in [0.05, 0.1) is 17.5 Å². The van der Waals surface area contributed by atoms with E-state index in [-0.39, 0.29) is 83.2 Å². The van der Waals surface area contributed by atoms with Crippen LogP contribution in [0.2, 0.25) is 0 Å². The summed E-state index contributed by atoms with van der Waals surface area (Å²) < 4.78 is 0. The number of anilines is 3. The summed E-state index contributed by atoms with van der Waals surface area (Å²) in [7, 11) is 0. The monoisotopic (exact) mass is 996 g/mol. The summed E-state index contributed by atoms with van der Waals surface area (Å²) in [4.78, 5) is 97.0. The molecule has 0 spiro atoms. The molecule has 5 amide bonds. The van der Waals surface area contributed by atoms with Gasteiger partial charge in [-0.25, -0.2) is 19.7 Å². The lowest BCUT2D eigenvalue weighted by molar-refractivity contribution is -0.139. The van der Waals surface area contributed by atoms with E-state index in [0.29, 0.717) is 42.8 Å². The van der Waals surface area contributed by atoms with Crippen LogP contribution in [-0.2, 0) is 24.9 Å². The van der Waals surface area contributed by atoms with Crippen LogP contribution in [0, 0.1) is 5.92 Å². The molecule has 71 heavy (non-hydrogen) atoms. The highest BCUT2D eigenvalue weighted by Crippen LogP contribution is 2.26. The number of thioether (sulfide) groups is 1. The molecule has 1 aliphatic rings. The molecule has 0 radical (unpaired) electrons. The Hall–Kier alpha value is -7.68. The summed E-state index contributed by atoms with van der Waals surface area (Å²) in [6.45, 7) is 5.50. The van der Waals surface area contributed by atoms with Crippen molar-refractivity contribution in [2.45, 2.75) is 101 Å². The molecule has 0 bridgehead atoms. The first-order valence-corrected chi connectivity index (χ1v) is 23.6. The molecule has 0 saturated carbocycles. The van der Waals surface area contributed by atoms with E-state index in [4.69, 9.17) is 11.5 Å². The second kappa shape index (κ2) is 24.7. The van der Waals surface area contributed by atoms with Crippen molar-refractivity contribution in [2.75, 3.05) is 29.9 Å². The van der Waals surface area contributed by atoms with Gasteiger partial charge in [-0.1, -0.05) is 20.3 Å². The van der Waals surface area contributed by atoms with Gasteiger partial charge in [-0.15, -0.1) is 22.0 Å². The Bertz CT molecular complexity index is 2710. The first-order valence-electron chi connectivity index (χ1n) is 22.6. The number of aliphatic hydroxyl groups excluding tert-OH is 2. The van der Waals surface area contributed by atoms with Gasteiger partial charge in [0, 0.05) is 47.0 Å². The van der Waals surface area contributed by atoms with Crippen LogP contribution in [-0.4, -0.2) is 140 Å². The minimum atomic E-state index is -1.26. The number of tetrazole rings is 1. The Morgan fingerprint density at radius 3 is 2.30 bits per heavy atom. The van der Waals surface area contributed by atoms with Crippen molar-refractivity contribution >= 4 is 75.9 Å². The summed E-state index contributed by atoms with van der Waals surface area (Å²) in [5.41, 5.74) is 13.6. The minimum absolute atomic E-state index is 0.00293. The number of nitrogens with one attached hydrogen (secondary N) is 6. The van der Waals surface area contributed by atoms with E-state index in [1.54, 1.807) is 44.3 Å². The van der Waals surface area contributed by atoms with Crippen LogP contribution < -0.4 is 38.1 Å². The summed E-state index contributed by atoms with van der Waals surface area (Å²) in [6, 6.07) is 7.72. The second-order valence-electron chi connectivity index (χ2n) is 16.8. The number of aliphatic carboxylic acids is 1. The van der Waals surface area contributed by atoms with Crippen LogP contribution in [0.3, 0.4) is 0 Å². The molecular formula is C45H56N16O9S. The van der Waals surface area contributed by atoms with Crippen molar-refractivity contribution in [1.29, 1.82) is 0 Å². The van der Waals surface area contributed by atoms with Crippen LogP contribution in [0.1, 0.15) is 85.7 Å². The van der Waals surface area contributed by atoms with Crippen LogP contribution in [0.4, 0.5) is 17.5 Å². The van der Waals surface area contributed by atoms with Crippen LogP contribution in [0.25, 0.3) is 22.6 Å². The molecular weight excluding hydrogens is 941 g/mol. The number of aromatic nitrogens is 8. The number of rotatable bonds is 24. The average molecular weight is 997 g/mol. The molecule has 376 valence electrons. The second-order valence-corrected chi connectivity index (χ2v) is 17.9. The maximum Gasteiger partial charge on any atom is 0.326 e. The third-order valence-corrected chi connectivity index (χ3v) is 12.2. The normalized spacial score (nSPS) is 15.7. The number of fused-ring (bicyclic) bond motifs is 1. The number of aromatic amines is 1. The Kier molecular flexibility index (Phi) is 18.4. The number of carboxylic acid groups (broad SMARTS) is 1. The quantitative estimate of drug-likeness (QED) is 0.0234. The number of nitrogen functional groups attached to an aromatic ring is 2. The van der Waals surface area contributed by atoms with Gasteiger partial charge in [0.25, 0.3) is 11.8 Å². The van der Waals surface area contributed by atoms with E-state index in [0.717, 1.165) is 4.90 Å². The predicted molar refractivity (Wildman–Crippen MR) is 259 cm³/mol. The SMILES string of the molecule is CC(C)[C@H](NC(=O)CCCCCN1C(O)C=CC1O)C(=O)N[C@@H](C)C(=O)Nc1ccc(C(=O)NCCC[C@H](NC(=O)c2ccc(SCc3cnc4nc(N)nc(N)c4n3)cc2)C(=O)O)c(-c2nn[nH]n2)c1. The molecule has 5 atom stereocenters. The van der Waals surface area contributed by atoms with E-state index < -0.39 is 60.2 Å². The highest BCUT2D eigenvalue weighted by Gasteiger charge is 2.28. The molecule has 1 aliphatic heterocycles. The fraction of sp³-hybridized carbons (Fsp3) is 0.400. The number of aliphatic hydroxyl groups is 2. The highest BCUT2D eigenvalue weighted by molar-refractivity contribution is 7.98. The third kappa shape index (κ3) is 14.7. The predicted octanol–water partition coefficient (Wildman–Crippen LogP) is 1.10. The van der Waals surface area contributed by atoms with E-state index in [1.807, 2.05) is 0 Å². The first-order chi connectivity index (χ1) is 34.0. The number of carboxylic acids is 1. The summed E-state index contributed by atoms with van der Waals surface area (Å²) in [5.74, 6) is -3.62. The maximum absolute atomic E-state index is 13.5. The number of amides is 5. The van der Waals surface area contributed by atoms with Crippen molar-refractivity contribution in [3.63, 3.8) is 0 Å². The molecule has 6 rings (SSSR count). The number of benzene rings is 2. The number of nitrogens with zero attached hydrogens (tertiary/aromatic N) is 8. The molecule has 25 nitrogen and oxygen atoms in total. The van der Waals surface area contributed by atoms with Gasteiger partial charge in [0.1, 0.15) is 30.6 Å². The van der Waals surface area contributed by atoms with Crippen molar-refractivity contribution in [3.05, 3.63) is 77.6 Å². The smallest absolute Gasteiger partial charge is 0.326 e. The van der Waals surface area contributed by atoms with Crippen LogP contribution in [0.15, 0.2) is 65.7 Å². The number of hydrogen-bond donors (Lipinski definition) is 11. The first kappa shape index (κ1) is 52.7. The molecule has 26 heteroatoms. The van der Waals surface area contributed by atoms with Gasteiger partial charge in [0.15, 0.2) is 17.0 Å². The van der Waals surface area contributed by atoms with Gasteiger partial charge in [-0.05, 0) is 98.4 Å². The maximum atomic E-state index is 13.5. The molecule has 0 saturated heterocycles. The lowest BCUT2D eigenvalue weighted by Crippen LogP contribution is -2.53. The average Bonchev–Trinajstić information content (AvgIpc) is 4.00. The van der Waals surface area contributed by atoms with Crippen molar-refractivity contribution in [1.82, 2.24) is 66.7 Å². The number of carbonyl (C=O) groups excluding carboxylic acids is 5. The molecule has 0 aliphatic carbocycles. The lowest BCUT2D eigenvalue weighted by Gasteiger charge is -2.24. The van der Waals surface area contributed by atoms with Gasteiger partial charge < -0.3 is 53.4 Å². The number of H-pyrrole nitrogens is 1. The standard InChI is InChI=1S/C45H56N16O9S/c1-23(2)35(54-32(62)9-5-4-6-19-61-33(63)16-17-34(61)64)43(68)50-24(3)40(65)52-26-12-15-29(30(20-26)38-57-59-60-58-38)42(67)48-18-7-8-31(44(69)70)53-41(66)25-10-13-28(14-11-25)71-22-27-21-49-39-36(51-27)37(46)55-45(47)56-39/h10-17,20-21,23-24,31,33-35,63-64H,4-9,18-19,22H2,1-3H3,(H,48,67)(H,50,68)(H,52,65)(H,53,66)(H,54,62)(H,69,70)(H,57,58,59,60)(H4,46,47,49,55,56)/t24-,31-,33?,34?,35-/m0/s1. The van der Waals surface area contributed by atoms with E-state index in [1.165, 1.54) is 53.9 Å². The van der Waals surface area contributed by atoms with Crippen LogP contribution in [0.5, 0.6) is 0 Å². The molecule has 0 fully saturated rings. The summed E-state index contributed by atoms with van der Waals surface area (Å²) in [5, 5.41) is 57.0. The van der Waals surface area contributed by atoms with Gasteiger partial charge >= 0.3 is 5.97 Å². The van der Waals surface area contributed by atoms with E-state index >= 15 is 0 Å². The van der Waals surface area contributed by atoms with Crippen molar-refractivity contribution in [2.24, 2.45) is 5.92 Å². The largest absolute Gasteiger partial charge is 0.480 e. The molecule has 13 N–H and O–H groups in total. The zero-order valence-electron chi connectivity index (χ0n) is 39.0. The van der Waals surface area contributed by atoms with E-state index in [9.17, 15) is 44.1 Å². The Labute approximate surface area is 410 Å². The fourth-order valence-electron chi connectivity index (χ4n) is 7.29. The zero-order valence-corrected chi connectivity index (χ0v) is 39.8. The number of nitrogens with two attached hydrogens (primary N) is 2. The lowest BCUT2D eigenvalue weighted by atomic mass is 10.0. The Morgan fingerprint density at radius 1 is 0.859 bits per heavy atom. The number of unbranched alkanes of at least 4 members (excludes halogenated alkanes) is 2. The Balaban J connectivity index is 0.951. The van der Waals surface area contributed by atoms with Crippen molar-refractivity contribution in [3.8, 4) is 11.4 Å².